The van der Waals surface area contributed by atoms with E-state index in [1.807, 2.05) is 6.07 Å². The molecule has 124 valence electrons. The van der Waals surface area contributed by atoms with Gasteiger partial charge in [0, 0.05) is 6.04 Å². The van der Waals surface area contributed by atoms with Crippen molar-refractivity contribution in [3.8, 4) is 5.75 Å². The van der Waals surface area contributed by atoms with Gasteiger partial charge in [-0.25, -0.2) is 0 Å². The molecular formula is C21H29NO. The number of benzene rings is 2. The minimum Gasteiger partial charge on any atom is -0.494 e. The Morgan fingerprint density at radius 1 is 0.957 bits per heavy atom. The maximum Gasteiger partial charge on any atom is 0.119 e. The zero-order valence-electron chi connectivity index (χ0n) is 14.8. The molecule has 0 N–H and O–H groups in total. The lowest BCUT2D eigenvalue weighted by Gasteiger charge is -2.28. The van der Waals surface area contributed by atoms with E-state index in [1.165, 1.54) is 11.1 Å². The molecule has 2 unspecified atom stereocenters. The first-order valence-corrected chi connectivity index (χ1v) is 8.56. The van der Waals surface area contributed by atoms with Gasteiger partial charge in [-0.2, -0.15) is 0 Å². The van der Waals surface area contributed by atoms with Gasteiger partial charge in [0.05, 0.1) is 6.61 Å². The summed E-state index contributed by atoms with van der Waals surface area (Å²) < 4.78 is 5.80. The highest BCUT2D eigenvalue weighted by molar-refractivity contribution is 5.31. The molecule has 2 aromatic rings. The van der Waals surface area contributed by atoms with Gasteiger partial charge in [-0.15, -0.1) is 0 Å². The van der Waals surface area contributed by atoms with E-state index >= 15 is 0 Å². The second-order valence-electron chi connectivity index (χ2n) is 6.45. The van der Waals surface area contributed by atoms with Gasteiger partial charge in [0.2, 0.25) is 0 Å². The summed E-state index contributed by atoms with van der Waals surface area (Å²) >= 11 is 0. The first kappa shape index (κ1) is 17.6. The monoisotopic (exact) mass is 311 g/mol. The predicted molar refractivity (Wildman–Crippen MR) is 98.1 cm³/mol. The van der Waals surface area contributed by atoms with Crippen molar-refractivity contribution in [2.45, 2.75) is 38.6 Å². The van der Waals surface area contributed by atoms with Crippen molar-refractivity contribution in [2.75, 3.05) is 20.7 Å². The number of ether oxygens (including phenoxy) is 1. The molecule has 2 rings (SSSR count). The minimum atomic E-state index is 0.385. The fourth-order valence-corrected chi connectivity index (χ4v) is 2.93. The SMILES string of the molecule is CCCOc1cccc(C(CC(C)c2ccccc2)N(C)C)c1. The standard InChI is InChI=1S/C21H29NO/c1-5-14-23-20-13-9-12-19(16-20)21(22(3)4)15-17(2)18-10-7-6-8-11-18/h6-13,16-17,21H,5,14-15H2,1-4H3. The predicted octanol–water partition coefficient (Wildman–Crippen LogP) is 5.27. The van der Waals surface area contributed by atoms with Crippen LogP contribution in [0.1, 0.15) is 49.8 Å². The fourth-order valence-electron chi connectivity index (χ4n) is 2.93. The van der Waals surface area contributed by atoms with E-state index in [-0.39, 0.29) is 0 Å². The fraction of sp³-hybridized carbons (Fsp3) is 0.429. The molecule has 2 aromatic carbocycles. The molecule has 0 heterocycles. The van der Waals surface area contributed by atoms with Crippen molar-refractivity contribution in [3.05, 3.63) is 65.7 Å². The summed E-state index contributed by atoms with van der Waals surface area (Å²) in [7, 11) is 4.31. The highest BCUT2D eigenvalue weighted by atomic mass is 16.5. The summed E-state index contributed by atoms with van der Waals surface area (Å²) in [4.78, 5) is 2.30. The van der Waals surface area contributed by atoms with Crippen molar-refractivity contribution in [2.24, 2.45) is 0 Å². The van der Waals surface area contributed by atoms with Gasteiger partial charge in [-0.1, -0.05) is 56.3 Å². The number of hydrogen-bond donors (Lipinski definition) is 0. The van der Waals surface area contributed by atoms with Crippen molar-refractivity contribution >= 4 is 0 Å². The highest BCUT2D eigenvalue weighted by Crippen LogP contribution is 2.32. The number of nitrogens with zero attached hydrogens (tertiary/aromatic N) is 1. The van der Waals surface area contributed by atoms with Crippen molar-refractivity contribution in [3.63, 3.8) is 0 Å². The molecule has 2 nitrogen and oxygen atoms in total. The molecule has 0 radical (unpaired) electrons. The first-order chi connectivity index (χ1) is 11.1. The number of hydrogen-bond acceptors (Lipinski definition) is 2. The van der Waals surface area contributed by atoms with Crippen LogP contribution in [0.4, 0.5) is 0 Å². The lowest BCUT2D eigenvalue weighted by molar-refractivity contribution is 0.269. The molecule has 23 heavy (non-hydrogen) atoms. The van der Waals surface area contributed by atoms with Gasteiger partial charge in [0.15, 0.2) is 0 Å². The van der Waals surface area contributed by atoms with Crippen LogP contribution in [0, 0.1) is 0 Å². The van der Waals surface area contributed by atoms with Gasteiger partial charge >= 0.3 is 0 Å². The van der Waals surface area contributed by atoms with E-state index in [2.05, 4.69) is 81.4 Å². The summed E-state index contributed by atoms with van der Waals surface area (Å²) in [5.41, 5.74) is 2.73. The van der Waals surface area contributed by atoms with E-state index in [9.17, 15) is 0 Å². The van der Waals surface area contributed by atoms with Crippen LogP contribution in [0.3, 0.4) is 0 Å². The van der Waals surface area contributed by atoms with Crippen LogP contribution in [0.5, 0.6) is 5.75 Å². The van der Waals surface area contributed by atoms with Gasteiger partial charge in [-0.3, -0.25) is 0 Å². The normalized spacial score (nSPS) is 13.8. The van der Waals surface area contributed by atoms with Gasteiger partial charge in [0.25, 0.3) is 0 Å². The van der Waals surface area contributed by atoms with E-state index < -0.39 is 0 Å². The highest BCUT2D eigenvalue weighted by Gasteiger charge is 2.19. The minimum absolute atomic E-state index is 0.385. The third-order valence-electron chi connectivity index (χ3n) is 4.28. The Hall–Kier alpha value is -1.80. The average molecular weight is 311 g/mol. The van der Waals surface area contributed by atoms with Crippen molar-refractivity contribution in [1.82, 2.24) is 4.90 Å². The topological polar surface area (TPSA) is 12.5 Å². The maximum absolute atomic E-state index is 5.80. The average Bonchev–Trinajstić information content (AvgIpc) is 2.58. The molecule has 0 aliphatic heterocycles. The maximum atomic E-state index is 5.80. The molecule has 0 spiro atoms. The van der Waals surface area contributed by atoms with E-state index in [4.69, 9.17) is 4.74 Å². The Kier molecular flexibility index (Phi) is 6.66. The molecule has 0 amide bonds. The van der Waals surface area contributed by atoms with Crippen LogP contribution in [-0.4, -0.2) is 25.6 Å². The summed E-state index contributed by atoms with van der Waals surface area (Å²) in [5.74, 6) is 1.49. The van der Waals surface area contributed by atoms with Crippen LogP contribution >= 0.6 is 0 Å². The summed E-state index contributed by atoms with van der Waals surface area (Å²) in [6.07, 6.45) is 2.13. The van der Waals surface area contributed by atoms with E-state index in [0.29, 0.717) is 12.0 Å². The first-order valence-electron chi connectivity index (χ1n) is 8.56. The zero-order valence-corrected chi connectivity index (χ0v) is 14.8. The summed E-state index contributed by atoms with van der Waals surface area (Å²) in [6.45, 7) is 5.22. The second kappa shape index (κ2) is 8.73. The zero-order chi connectivity index (χ0) is 16.7. The van der Waals surface area contributed by atoms with Crippen molar-refractivity contribution < 1.29 is 4.74 Å². The Labute approximate surface area is 141 Å². The van der Waals surface area contributed by atoms with Crippen LogP contribution in [0.2, 0.25) is 0 Å². The summed E-state index contributed by atoms with van der Waals surface area (Å²) in [6, 6.07) is 19.7. The quantitative estimate of drug-likeness (QED) is 0.658. The van der Waals surface area contributed by atoms with Crippen LogP contribution in [0.15, 0.2) is 54.6 Å². The molecule has 0 saturated carbocycles. The molecule has 0 aliphatic carbocycles. The van der Waals surface area contributed by atoms with Crippen molar-refractivity contribution in [1.29, 1.82) is 0 Å². The molecule has 0 aromatic heterocycles. The van der Waals surface area contributed by atoms with Crippen LogP contribution in [0.25, 0.3) is 0 Å². The Balaban J connectivity index is 2.15. The van der Waals surface area contributed by atoms with E-state index in [0.717, 1.165) is 25.2 Å². The van der Waals surface area contributed by atoms with Gasteiger partial charge in [-0.05, 0) is 56.1 Å². The van der Waals surface area contributed by atoms with Crippen LogP contribution < -0.4 is 4.74 Å². The smallest absolute Gasteiger partial charge is 0.119 e. The third-order valence-corrected chi connectivity index (χ3v) is 4.28. The molecule has 0 bridgehead atoms. The van der Waals surface area contributed by atoms with Crippen LogP contribution in [-0.2, 0) is 0 Å². The Bertz CT molecular complexity index is 579. The van der Waals surface area contributed by atoms with Gasteiger partial charge < -0.3 is 9.64 Å². The molecule has 2 atom stereocenters. The molecule has 0 saturated heterocycles. The second-order valence-corrected chi connectivity index (χ2v) is 6.45. The molecule has 0 aliphatic rings. The largest absolute Gasteiger partial charge is 0.494 e. The summed E-state index contributed by atoms with van der Waals surface area (Å²) in [5, 5.41) is 0. The Morgan fingerprint density at radius 2 is 1.65 bits per heavy atom. The number of rotatable bonds is 8. The lowest BCUT2D eigenvalue weighted by atomic mass is 9.90. The Morgan fingerprint density at radius 3 is 2.30 bits per heavy atom. The van der Waals surface area contributed by atoms with E-state index in [1.54, 1.807) is 0 Å². The lowest BCUT2D eigenvalue weighted by Crippen LogP contribution is -2.21. The molecular weight excluding hydrogens is 282 g/mol. The molecule has 0 fully saturated rings. The molecule has 2 heteroatoms. The third kappa shape index (κ3) is 5.11. The van der Waals surface area contributed by atoms with Gasteiger partial charge in [0.1, 0.15) is 5.75 Å².